The summed E-state index contributed by atoms with van der Waals surface area (Å²) in [5, 5.41) is 32.1. The first-order valence-electron chi connectivity index (χ1n) is 17.4. The van der Waals surface area contributed by atoms with Crippen molar-refractivity contribution in [1.29, 1.82) is 5.26 Å². The Kier molecular flexibility index (Phi) is 13.7. The number of nitrogens with zero attached hydrogens (tertiary/aromatic N) is 3. The zero-order chi connectivity index (χ0) is 37.0. The van der Waals surface area contributed by atoms with Crippen molar-refractivity contribution in [3.8, 4) is 34.4 Å². The molecule has 2 unspecified atom stereocenters. The van der Waals surface area contributed by atoms with Gasteiger partial charge in [-0.1, -0.05) is 48.0 Å². The lowest BCUT2D eigenvalue weighted by atomic mass is 9.93. The molecular formula is C41H45ClN4O6. The van der Waals surface area contributed by atoms with Crippen LogP contribution in [0, 0.1) is 25.2 Å². The number of ether oxygens (including phenoxy) is 3. The minimum absolute atomic E-state index is 0.122. The number of carbonyl (C=O) groups is 1. The summed E-state index contributed by atoms with van der Waals surface area (Å²) in [5.74, 6) is 0.719. The second-order valence-electron chi connectivity index (χ2n) is 12.9. The molecule has 0 spiro atoms. The zero-order valence-corrected chi connectivity index (χ0v) is 30.4. The van der Waals surface area contributed by atoms with Gasteiger partial charge in [0.05, 0.1) is 23.3 Å². The van der Waals surface area contributed by atoms with Crippen LogP contribution in [0.2, 0.25) is 5.02 Å². The first-order valence-corrected chi connectivity index (χ1v) is 17.8. The van der Waals surface area contributed by atoms with E-state index in [4.69, 9.17) is 25.8 Å². The van der Waals surface area contributed by atoms with Gasteiger partial charge in [0.2, 0.25) is 0 Å². The summed E-state index contributed by atoms with van der Waals surface area (Å²) in [6.45, 7) is 11.5. The van der Waals surface area contributed by atoms with Gasteiger partial charge in [0.15, 0.2) is 0 Å². The smallest absolute Gasteiger partial charge is 0.321 e. The number of rotatable bonds is 18. The van der Waals surface area contributed by atoms with Crippen LogP contribution in [0.15, 0.2) is 79.6 Å². The molecule has 1 aliphatic heterocycles. The number of halogens is 1. The monoisotopic (exact) mass is 724 g/mol. The minimum Gasteiger partial charge on any atom is -0.493 e. The van der Waals surface area contributed by atoms with Gasteiger partial charge in [-0.15, -0.1) is 6.58 Å². The van der Waals surface area contributed by atoms with Crippen molar-refractivity contribution in [1.82, 2.24) is 15.2 Å². The Hall–Kier alpha value is -4.92. The third-order valence-electron chi connectivity index (χ3n) is 9.20. The number of β-amino-alcohol motifs (C(OH)–C–C–N with tert-alkyl or cyclic N) is 1. The molecule has 2 heterocycles. The van der Waals surface area contributed by atoms with Gasteiger partial charge in [-0.25, -0.2) is 0 Å². The van der Waals surface area contributed by atoms with Crippen molar-refractivity contribution >= 4 is 17.6 Å². The average Bonchev–Trinajstić information content (AvgIpc) is 3.56. The fourth-order valence-corrected chi connectivity index (χ4v) is 6.50. The van der Waals surface area contributed by atoms with Crippen LogP contribution in [0.4, 0.5) is 0 Å². The van der Waals surface area contributed by atoms with E-state index in [0.29, 0.717) is 39.8 Å². The number of nitriles is 1. The lowest BCUT2D eigenvalue weighted by molar-refractivity contribution is -0.139. The van der Waals surface area contributed by atoms with E-state index in [1.165, 1.54) is 6.20 Å². The predicted molar refractivity (Wildman–Crippen MR) is 201 cm³/mol. The Morgan fingerprint density at radius 3 is 2.56 bits per heavy atom. The highest BCUT2D eigenvalue weighted by Crippen LogP contribution is 2.36. The molecule has 2 atom stereocenters. The van der Waals surface area contributed by atoms with E-state index in [9.17, 15) is 20.3 Å². The summed E-state index contributed by atoms with van der Waals surface area (Å²) < 4.78 is 18.7. The Labute approximate surface area is 310 Å². The molecule has 10 nitrogen and oxygen atoms in total. The molecule has 0 amide bonds. The number of hydrogen-bond acceptors (Lipinski definition) is 9. The molecule has 11 heteroatoms. The molecule has 0 radical (unpaired) electrons. The molecule has 1 saturated heterocycles. The van der Waals surface area contributed by atoms with Gasteiger partial charge >= 0.3 is 5.97 Å². The summed E-state index contributed by atoms with van der Waals surface area (Å²) in [6.07, 6.45) is 6.41. The molecule has 1 aromatic heterocycles. The highest BCUT2D eigenvalue weighted by atomic mass is 35.5. The second kappa shape index (κ2) is 18.5. The number of aliphatic carboxylic acids is 1. The maximum absolute atomic E-state index is 11.8. The number of nitrogens with one attached hydrogen (secondary N) is 1. The van der Waals surface area contributed by atoms with Crippen molar-refractivity contribution in [2.24, 2.45) is 0 Å². The lowest BCUT2D eigenvalue weighted by Crippen LogP contribution is -2.35. The van der Waals surface area contributed by atoms with E-state index >= 15 is 0 Å². The van der Waals surface area contributed by atoms with Gasteiger partial charge in [0, 0.05) is 55.8 Å². The van der Waals surface area contributed by atoms with Crippen LogP contribution in [0.5, 0.6) is 17.2 Å². The highest BCUT2D eigenvalue weighted by molar-refractivity contribution is 6.32. The number of likely N-dealkylation sites (tertiary alicyclic amines) is 1. The zero-order valence-electron chi connectivity index (χ0n) is 29.6. The third-order valence-corrected chi connectivity index (χ3v) is 9.50. The number of aliphatic hydroxyl groups is 1. The van der Waals surface area contributed by atoms with Crippen LogP contribution in [-0.4, -0.2) is 64.5 Å². The van der Waals surface area contributed by atoms with E-state index < -0.39 is 12.0 Å². The van der Waals surface area contributed by atoms with E-state index in [-0.39, 0.29) is 32.3 Å². The fourth-order valence-electron chi connectivity index (χ4n) is 6.25. The van der Waals surface area contributed by atoms with Crippen LogP contribution in [0.25, 0.3) is 11.1 Å². The normalized spacial score (nSPS) is 14.8. The first-order chi connectivity index (χ1) is 25.2. The predicted octanol–water partition coefficient (Wildman–Crippen LogP) is 7.00. The van der Waals surface area contributed by atoms with Gasteiger partial charge in [0.25, 0.3) is 0 Å². The minimum atomic E-state index is -0.991. The van der Waals surface area contributed by atoms with E-state index in [1.54, 1.807) is 30.5 Å². The molecule has 3 aromatic carbocycles. The lowest BCUT2D eigenvalue weighted by Gasteiger charge is -2.19. The quantitative estimate of drug-likeness (QED) is 0.0727. The number of carboxylic acid groups (broad SMARTS) is 1. The maximum Gasteiger partial charge on any atom is 0.321 e. The summed E-state index contributed by atoms with van der Waals surface area (Å²) in [6, 6.07) is 18.6. The largest absolute Gasteiger partial charge is 0.493 e. The third kappa shape index (κ3) is 10.1. The molecule has 0 aliphatic carbocycles. The van der Waals surface area contributed by atoms with E-state index in [1.807, 2.05) is 24.3 Å². The van der Waals surface area contributed by atoms with E-state index in [0.717, 1.165) is 66.0 Å². The molecule has 1 aliphatic rings. The van der Waals surface area contributed by atoms with Crippen molar-refractivity contribution in [3.05, 3.63) is 118 Å². The summed E-state index contributed by atoms with van der Waals surface area (Å²) in [7, 11) is 0. The standard InChI is InChI=1S/C41H45ClN4O6/c1-4-8-37(41(48)49)45-23-32-18-36(42)40(19-39(32)51-25-30-17-29(20-43)21-44-22-30)52-26-31-9-5-10-34(27(31)2)35-11-6-12-38(28(35)3)50-16-7-14-46-15-13-33(47)24-46/h4-6,9-12,17-19,21-22,33,37,45,47H,1,7-8,13-16,23-26H2,2-3H3,(H,48,49). The first kappa shape index (κ1) is 38.3. The Morgan fingerprint density at radius 2 is 1.83 bits per heavy atom. The molecule has 3 N–H and O–H groups in total. The van der Waals surface area contributed by atoms with Gasteiger partial charge in [0.1, 0.15) is 42.6 Å². The number of hydrogen-bond donors (Lipinski definition) is 3. The van der Waals surface area contributed by atoms with Crippen LogP contribution in [0.3, 0.4) is 0 Å². The number of aromatic nitrogens is 1. The van der Waals surface area contributed by atoms with Gasteiger partial charge in [-0.05, 0) is 79.1 Å². The molecule has 0 bridgehead atoms. The Balaban J connectivity index is 1.31. The van der Waals surface area contributed by atoms with Crippen molar-refractivity contribution in [2.75, 3.05) is 26.2 Å². The molecule has 4 aromatic rings. The Bertz CT molecular complexity index is 1910. The fraction of sp³-hybridized carbons (Fsp3) is 0.341. The summed E-state index contributed by atoms with van der Waals surface area (Å²) in [5.41, 5.74) is 7.02. The van der Waals surface area contributed by atoms with Gasteiger partial charge < -0.3 is 29.3 Å². The number of benzene rings is 3. The molecule has 52 heavy (non-hydrogen) atoms. The van der Waals surface area contributed by atoms with Crippen molar-refractivity contribution in [2.45, 2.75) is 65.0 Å². The Morgan fingerprint density at radius 1 is 1.06 bits per heavy atom. The maximum atomic E-state index is 11.8. The topological polar surface area (TPSA) is 137 Å². The van der Waals surface area contributed by atoms with Crippen LogP contribution < -0.4 is 19.5 Å². The summed E-state index contributed by atoms with van der Waals surface area (Å²) in [4.78, 5) is 18.1. The van der Waals surface area contributed by atoms with Gasteiger partial charge in [-0.2, -0.15) is 5.26 Å². The molecule has 5 rings (SSSR count). The second-order valence-corrected chi connectivity index (χ2v) is 13.3. The summed E-state index contributed by atoms with van der Waals surface area (Å²) >= 11 is 6.75. The van der Waals surface area contributed by atoms with E-state index in [2.05, 4.69) is 53.8 Å². The van der Waals surface area contributed by atoms with Crippen LogP contribution >= 0.6 is 11.6 Å². The molecule has 272 valence electrons. The number of carboxylic acids is 1. The van der Waals surface area contributed by atoms with Crippen molar-refractivity contribution < 1.29 is 29.2 Å². The van der Waals surface area contributed by atoms with Gasteiger partial charge in [-0.3, -0.25) is 15.1 Å². The number of pyridine rings is 1. The highest BCUT2D eigenvalue weighted by Gasteiger charge is 2.20. The number of aliphatic hydroxyl groups excluding tert-OH is 1. The van der Waals surface area contributed by atoms with Crippen molar-refractivity contribution in [3.63, 3.8) is 0 Å². The molecular weight excluding hydrogens is 680 g/mol. The van der Waals surface area contributed by atoms with Crippen LogP contribution in [0.1, 0.15) is 52.6 Å². The SMILES string of the molecule is C=CCC(NCc1cc(Cl)c(OCc2cccc(-c3cccc(OCCCN4CCC(O)C4)c3C)c2C)cc1OCc1cncc(C#N)c1)C(=O)O. The van der Waals surface area contributed by atoms with Crippen LogP contribution in [-0.2, 0) is 24.6 Å². The molecule has 0 saturated carbocycles. The molecule has 1 fully saturated rings. The average molecular weight is 725 g/mol.